The number of halogens is 3. The Labute approximate surface area is 256 Å². The molecule has 2 aliphatic heterocycles. The van der Waals surface area contributed by atoms with Crippen LogP contribution in [0.4, 0.5) is 18.9 Å². The Morgan fingerprint density at radius 2 is 1.80 bits per heavy atom. The number of nitrogens with one attached hydrogen (secondary N) is 2. The molecule has 0 bridgehead atoms. The van der Waals surface area contributed by atoms with Crippen LogP contribution in [-0.2, 0) is 26.3 Å². The Hall–Kier alpha value is -4.62. The third-order valence-corrected chi connectivity index (χ3v) is 8.56. The first-order chi connectivity index (χ1) is 21.5. The van der Waals surface area contributed by atoms with Crippen LogP contribution >= 0.6 is 0 Å². The van der Waals surface area contributed by atoms with Crippen LogP contribution in [-0.4, -0.2) is 78.8 Å². The number of aliphatic carboxylic acids is 1. The summed E-state index contributed by atoms with van der Waals surface area (Å²) in [6, 6.07) is 18.9. The van der Waals surface area contributed by atoms with Crippen LogP contribution in [0, 0.1) is 0 Å². The number of fused-ring (bicyclic) bond motifs is 3. The Bertz CT molecular complexity index is 1770. The molecule has 2 fully saturated rings. The first-order valence-corrected chi connectivity index (χ1v) is 14.3. The van der Waals surface area contributed by atoms with Gasteiger partial charge in [0.1, 0.15) is 0 Å². The number of carboxylic acids is 1. The van der Waals surface area contributed by atoms with Crippen LogP contribution in [0.3, 0.4) is 0 Å². The molecule has 45 heavy (non-hydrogen) atoms. The lowest BCUT2D eigenvalue weighted by Crippen LogP contribution is -2.35. The van der Waals surface area contributed by atoms with Crippen molar-refractivity contribution in [1.29, 1.82) is 0 Å². The van der Waals surface area contributed by atoms with Gasteiger partial charge in [-0.05, 0) is 41.3 Å². The average Bonchev–Trinajstić information content (AvgIpc) is 3.55. The standard InChI is InChI=1S/C30H30N4O4.C2HF3O2/c1-36-26-14-22-25(15-27(26)37-2)31-29(35)30(22)16-23(30)19-6-7-21-24(13-19)32-33-28(21)20-5-3-4-18(12-20)17-34-8-10-38-11-9-34;3-2(4,5)1(6)7/h3-7,12-15,23H,8-11,16-17H2,1-2H3,(H,31,35)(H,32,33);(H,6,7). The fourth-order valence-corrected chi connectivity index (χ4v) is 6.23. The SMILES string of the molecule is COc1cc2c(cc1OC)C1(CC1c1ccc3c(-c4cccc(CN5CCOCC5)c4)n[nH]c3c1)C(=O)N2.O=C(O)C(F)(F)F. The van der Waals surface area contributed by atoms with E-state index in [1.54, 1.807) is 14.2 Å². The summed E-state index contributed by atoms with van der Waals surface area (Å²) in [6.45, 7) is 4.42. The quantitative estimate of drug-likeness (QED) is 0.271. The van der Waals surface area contributed by atoms with E-state index in [9.17, 15) is 18.0 Å². The molecule has 3 heterocycles. The number of aromatic nitrogens is 2. The van der Waals surface area contributed by atoms with Gasteiger partial charge in [0.05, 0.1) is 44.1 Å². The zero-order chi connectivity index (χ0) is 31.9. The second kappa shape index (κ2) is 11.7. The maximum atomic E-state index is 13.2. The fraction of sp³-hybridized carbons (Fsp3) is 0.344. The van der Waals surface area contributed by atoms with Gasteiger partial charge in [-0.1, -0.05) is 30.3 Å². The smallest absolute Gasteiger partial charge is 0.490 e. The minimum atomic E-state index is -5.08. The van der Waals surface area contributed by atoms with E-state index in [1.807, 2.05) is 12.1 Å². The number of aromatic amines is 1. The van der Waals surface area contributed by atoms with Crippen LogP contribution in [0.5, 0.6) is 11.5 Å². The van der Waals surface area contributed by atoms with Crippen molar-refractivity contribution < 1.29 is 42.1 Å². The van der Waals surface area contributed by atoms with E-state index in [0.717, 1.165) is 78.2 Å². The highest BCUT2D eigenvalue weighted by Crippen LogP contribution is 2.66. The van der Waals surface area contributed by atoms with Crippen LogP contribution in [0.1, 0.15) is 29.0 Å². The first-order valence-electron chi connectivity index (χ1n) is 14.3. The summed E-state index contributed by atoms with van der Waals surface area (Å²) < 4.78 is 48.2. The molecule has 1 aromatic heterocycles. The number of H-pyrrole nitrogens is 1. The second-order valence-corrected chi connectivity index (χ2v) is 11.2. The number of ether oxygens (including phenoxy) is 3. The summed E-state index contributed by atoms with van der Waals surface area (Å²) in [4.78, 5) is 24.5. The van der Waals surface area contributed by atoms with Crippen LogP contribution in [0.2, 0.25) is 0 Å². The number of rotatable bonds is 6. The fourth-order valence-electron chi connectivity index (χ4n) is 6.23. The summed E-state index contributed by atoms with van der Waals surface area (Å²) >= 11 is 0. The molecule has 2 atom stereocenters. The van der Waals surface area contributed by atoms with Crippen molar-refractivity contribution in [2.45, 2.75) is 30.5 Å². The van der Waals surface area contributed by atoms with E-state index in [0.29, 0.717) is 11.5 Å². The molecule has 3 aliphatic rings. The Kier molecular flexibility index (Phi) is 7.91. The van der Waals surface area contributed by atoms with Gasteiger partial charge in [-0.25, -0.2) is 4.79 Å². The number of nitrogens with zero attached hydrogens (tertiary/aromatic N) is 2. The maximum absolute atomic E-state index is 13.2. The lowest BCUT2D eigenvalue weighted by molar-refractivity contribution is -0.192. The molecule has 13 heteroatoms. The number of carboxylic acid groups (broad SMARTS) is 1. The number of hydrogen-bond donors (Lipinski definition) is 3. The first kappa shape index (κ1) is 30.4. The van der Waals surface area contributed by atoms with Gasteiger partial charge < -0.3 is 24.6 Å². The minimum Gasteiger partial charge on any atom is -0.493 e. The lowest BCUT2D eigenvalue weighted by atomic mass is 9.91. The molecule has 7 rings (SSSR count). The van der Waals surface area contributed by atoms with Crippen molar-refractivity contribution in [2.24, 2.45) is 0 Å². The maximum Gasteiger partial charge on any atom is 0.490 e. The summed E-state index contributed by atoms with van der Waals surface area (Å²) in [5.41, 5.74) is 6.64. The number of amides is 1. The van der Waals surface area contributed by atoms with Crippen molar-refractivity contribution in [2.75, 3.05) is 45.8 Å². The molecular weight excluding hydrogens is 593 g/mol. The van der Waals surface area contributed by atoms with Crippen molar-refractivity contribution in [1.82, 2.24) is 15.1 Å². The molecule has 1 aliphatic carbocycles. The normalized spacial score (nSPS) is 20.7. The van der Waals surface area contributed by atoms with Gasteiger partial charge in [-0.2, -0.15) is 18.3 Å². The van der Waals surface area contributed by atoms with Crippen molar-refractivity contribution in [3.05, 3.63) is 71.3 Å². The van der Waals surface area contributed by atoms with Crippen LogP contribution in [0.25, 0.3) is 22.2 Å². The molecule has 3 N–H and O–H groups in total. The van der Waals surface area contributed by atoms with Crippen LogP contribution in [0.15, 0.2) is 54.6 Å². The number of carbonyl (C=O) groups is 2. The van der Waals surface area contributed by atoms with Gasteiger partial charge in [0.15, 0.2) is 11.5 Å². The highest BCUT2D eigenvalue weighted by molar-refractivity contribution is 6.10. The van der Waals surface area contributed by atoms with E-state index in [4.69, 9.17) is 24.1 Å². The topological polar surface area (TPSA) is 126 Å². The Morgan fingerprint density at radius 1 is 1.09 bits per heavy atom. The summed E-state index contributed by atoms with van der Waals surface area (Å²) in [5.74, 6) is -1.38. The molecule has 2 unspecified atom stereocenters. The van der Waals surface area contributed by atoms with E-state index in [-0.39, 0.29) is 11.8 Å². The number of methoxy groups -OCH3 is 2. The molecular formula is C32H31F3N4O6. The summed E-state index contributed by atoms with van der Waals surface area (Å²) in [5, 5.41) is 19.2. The monoisotopic (exact) mass is 624 g/mol. The van der Waals surface area contributed by atoms with Gasteiger partial charge in [0.2, 0.25) is 5.91 Å². The molecule has 4 aromatic rings. The van der Waals surface area contributed by atoms with Crippen molar-refractivity contribution in [3.8, 4) is 22.8 Å². The summed E-state index contributed by atoms with van der Waals surface area (Å²) in [6.07, 6.45) is -4.32. The average molecular weight is 625 g/mol. The predicted molar refractivity (Wildman–Crippen MR) is 159 cm³/mol. The Balaban J connectivity index is 0.000000460. The zero-order valence-corrected chi connectivity index (χ0v) is 24.5. The number of carbonyl (C=O) groups excluding carboxylic acids is 1. The minimum absolute atomic E-state index is 0.0373. The number of hydrogen-bond acceptors (Lipinski definition) is 7. The van der Waals surface area contributed by atoms with E-state index in [2.05, 4.69) is 62.9 Å². The number of anilines is 1. The van der Waals surface area contributed by atoms with Crippen LogP contribution < -0.4 is 14.8 Å². The number of benzene rings is 3. The molecule has 1 amide bonds. The van der Waals surface area contributed by atoms with Gasteiger partial charge in [0, 0.05) is 48.3 Å². The lowest BCUT2D eigenvalue weighted by Gasteiger charge is -2.26. The van der Waals surface area contributed by atoms with E-state index < -0.39 is 17.6 Å². The summed E-state index contributed by atoms with van der Waals surface area (Å²) in [7, 11) is 3.22. The highest BCUT2D eigenvalue weighted by Gasteiger charge is 2.65. The van der Waals surface area contributed by atoms with Gasteiger partial charge in [0.25, 0.3) is 0 Å². The van der Waals surface area contributed by atoms with E-state index >= 15 is 0 Å². The third kappa shape index (κ3) is 5.69. The van der Waals surface area contributed by atoms with E-state index in [1.165, 1.54) is 5.56 Å². The van der Waals surface area contributed by atoms with Crippen molar-refractivity contribution >= 4 is 28.5 Å². The molecule has 3 aromatic carbocycles. The largest absolute Gasteiger partial charge is 0.493 e. The van der Waals surface area contributed by atoms with Crippen molar-refractivity contribution in [3.63, 3.8) is 0 Å². The molecule has 1 saturated carbocycles. The molecule has 10 nitrogen and oxygen atoms in total. The number of alkyl halides is 3. The molecule has 0 radical (unpaired) electrons. The number of morpholine rings is 1. The highest BCUT2D eigenvalue weighted by atomic mass is 19.4. The zero-order valence-electron chi connectivity index (χ0n) is 24.5. The Morgan fingerprint density at radius 3 is 2.49 bits per heavy atom. The van der Waals surface area contributed by atoms with Gasteiger partial charge in [-0.15, -0.1) is 0 Å². The predicted octanol–water partition coefficient (Wildman–Crippen LogP) is 5.09. The van der Waals surface area contributed by atoms with Gasteiger partial charge >= 0.3 is 12.1 Å². The van der Waals surface area contributed by atoms with Gasteiger partial charge in [-0.3, -0.25) is 14.8 Å². The second-order valence-electron chi connectivity index (χ2n) is 11.2. The molecule has 1 spiro atoms. The molecule has 1 saturated heterocycles. The molecule has 236 valence electrons. The third-order valence-electron chi connectivity index (χ3n) is 8.56.